The Hall–Kier alpha value is -1.51. The average Bonchev–Trinajstić information content (AvgIpc) is 2.31. The van der Waals surface area contributed by atoms with Crippen LogP contribution in [0.2, 0.25) is 5.02 Å². The number of amides is 2. The molecular weight excluding hydrogens is 318 g/mol. The monoisotopic (exact) mass is 335 g/mol. The molecule has 1 atom stereocenters. The van der Waals surface area contributed by atoms with Crippen LogP contribution in [0.25, 0.3) is 0 Å². The molecule has 0 saturated carbocycles. The van der Waals surface area contributed by atoms with Gasteiger partial charge in [0, 0.05) is 6.04 Å². The Kier molecular flexibility index (Phi) is 5.82. The van der Waals surface area contributed by atoms with E-state index in [4.69, 9.17) is 16.7 Å². The van der Waals surface area contributed by atoms with Gasteiger partial charge in [0.1, 0.15) is 4.90 Å². The van der Waals surface area contributed by atoms with Gasteiger partial charge in [-0.3, -0.25) is 0 Å². The third-order valence-corrected chi connectivity index (χ3v) is 4.12. The Labute approximate surface area is 128 Å². The number of carbonyl (C=O) groups is 1. The van der Waals surface area contributed by atoms with Crippen molar-refractivity contribution in [3.63, 3.8) is 0 Å². The zero-order valence-corrected chi connectivity index (χ0v) is 13.3. The number of halogens is 1. The van der Waals surface area contributed by atoms with Crippen molar-refractivity contribution in [1.29, 1.82) is 0 Å². The first-order chi connectivity index (χ1) is 9.66. The van der Waals surface area contributed by atoms with Crippen LogP contribution in [0.3, 0.4) is 0 Å². The highest BCUT2D eigenvalue weighted by atomic mass is 35.5. The number of primary sulfonamides is 1. The molecule has 2 amide bonds. The minimum Gasteiger partial charge on any atom is -0.504 e. The summed E-state index contributed by atoms with van der Waals surface area (Å²) in [6.45, 7) is 3.82. The molecule has 9 heteroatoms. The maximum atomic E-state index is 11.7. The maximum Gasteiger partial charge on any atom is 0.319 e. The third kappa shape index (κ3) is 4.76. The lowest BCUT2D eigenvalue weighted by Gasteiger charge is -2.15. The molecule has 0 bridgehead atoms. The summed E-state index contributed by atoms with van der Waals surface area (Å²) in [5.74, 6) is -0.691. The van der Waals surface area contributed by atoms with Gasteiger partial charge in [-0.25, -0.2) is 18.4 Å². The number of hydrogen-bond donors (Lipinski definition) is 4. The summed E-state index contributed by atoms with van der Waals surface area (Å²) in [5, 5.41) is 19.7. The van der Waals surface area contributed by atoms with E-state index in [-0.39, 0.29) is 16.8 Å². The van der Waals surface area contributed by atoms with Gasteiger partial charge in [-0.15, -0.1) is 0 Å². The van der Waals surface area contributed by atoms with E-state index < -0.39 is 26.7 Å². The van der Waals surface area contributed by atoms with Gasteiger partial charge in [0.05, 0.1) is 10.7 Å². The molecule has 0 radical (unpaired) electrons. The lowest BCUT2D eigenvalue weighted by Crippen LogP contribution is -2.36. The van der Waals surface area contributed by atoms with Crippen LogP contribution in [0, 0.1) is 0 Å². The number of benzene rings is 1. The molecule has 0 spiro atoms. The van der Waals surface area contributed by atoms with Gasteiger partial charge < -0.3 is 15.7 Å². The maximum absolute atomic E-state index is 11.7. The molecule has 21 heavy (non-hydrogen) atoms. The molecule has 0 aliphatic rings. The second-order valence-electron chi connectivity index (χ2n) is 4.61. The largest absolute Gasteiger partial charge is 0.504 e. The van der Waals surface area contributed by atoms with Crippen LogP contribution in [-0.4, -0.2) is 25.6 Å². The number of urea groups is 1. The number of sulfonamides is 1. The number of rotatable bonds is 5. The molecule has 0 saturated heterocycles. The molecular formula is C12H18ClN3O4S. The van der Waals surface area contributed by atoms with Gasteiger partial charge in [0.25, 0.3) is 0 Å². The van der Waals surface area contributed by atoms with Crippen LogP contribution in [0.1, 0.15) is 26.7 Å². The van der Waals surface area contributed by atoms with E-state index in [1.165, 1.54) is 12.1 Å². The number of nitrogens with two attached hydrogens (primary N) is 1. The van der Waals surface area contributed by atoms with E-state index in [0.717, 1.165) is 12.8 Å². The summed E-state index contributed by atoms with van der Waals surface area (Å²) in [6, 6.07) is 1.90. The number of hydrogen-bond acceptors (Lipinski definition) is 4. The Morgan fingerprint density at radius 1 is 1.48 bits per heavy atom. The summed E-state index contributed by atoms with van der Waals surface area (Å²) >= 11 is 5.70. The van der Waals surface area contributed by atoms with E-state index in [9.17, 15) is 18.3 Å². The highest BCUT2D eigenvalue weighted by Crippen LogP contribution is 2.35. The second-order valence-corrected chi connectivity index (χ2v) is 6.51. The van der Waals surface area contributed by atoms with Crippen LogP contribution in [0.4, 0.5) is 10.5 Å². The van der Waals surface area contributed by atoms with Crippen LogP contribution < -0.4 is 15.8 Å². The van der Waals surface area contributed by atoms with Crippen molar-refractivity contribution in [3.8, 4) is 5.75 Å². The molecule has 0 aromatic heterocycles. The highest BCUT2D eigenvalue weighted by Gasteiger charge is 2.22. The van der Waals surface area contributed by atoms with E-state index in [2.05, 4.69) is 10.6 Å². The standard InChI is InChI=1S/C12H18ClN3O4S/c1-3-4-7(2)15-12(18)16-9-6-5-8(13)11(10(9)17)21(14,19)20/h5-7,17H,3-4H2,1-2H3,(H2,14,19,20)(H2,15,16,18). The van der Waals surface area contributed by atoms with Crippen LogP contribution >= 0.6 is 11.6 Å². The number of aromatic hydroxyl groups is 1. The minimum atomic E-state index is -4.21. The van der Waals surface area contributed by atoms with Crippen LogP contribution in [-0.2, 0) is 10.0 Å². The van der Waals surface area contributed by atoms with E-state index in [1.54, 1.807) is 0 Å². The first-order valence-corrected chi connectivity index (χ1v) is 8.21. The predicted octanol–water partition coefficient (Wildman–Crippen LogP) is 2.00. The molecule has 1 unspecified atom stereocenters. The molecule has 0 fully saturated rings. The van der Waals surface area contributed by atoms with Crippen molar-refractivity contribution in [2.75, 3.05) is 5.32 Å². The number of anilines is 1. The van der Waals surface area contributed by atoms with Gasteiger partial charge >= 0.3 is 6.03 Å². The van der Waals surface area contributed by atoms with Gasteiger partial charge in [0.2, 0.25) is 10.0 Å². The summed E-state index contributed by atoms with van der Waals surface area (Å²) in [7, 11) is -4.21. The first kappa shape index (κ1) is 17.5. The van der Waals surface area contributed by atoms with Crippen molar-refractivity contribution >= 4 is 33.3 Å². The van der Waals surface area contributed by atoms with Crippen LogP contribution in [0.5, 0.6) is 5.75 Å². The van der Waals surface area contributed by atoms with Gasteiger partial charge in [0.15, 0.2) is 5.75 Å². The van der Waals surface area contributed by atoms with Crippen molar-refractivity contribution in [3.05, 3.63) is 17.2 Å². The molecule has 5 N–H and O–H groups in total. The normalized spacial score (nSPS) is 12.8. The Morgan fingerprint density at radius 2 is 2.10 bits per heavy atom. The van der Waals surface area contributed by atoms with E-state index >= 15 is 0 Å². The summed E-state index contributed by atoms with van der Waals surface area (Å²) < 4.78 is 22.8. The smallest absolute Gasteiger partial charge is 0.319 e. The molecule has 0 aliphatic carbocycles. The molecule has 0 aliphatic heterocycles. The zero-order chi connectivity index (χ0) is 16.2. The summed E-state index contributed by atoms with van der Waals surface area (Å²) in [4.78, 5) is 11.1. The van der Waals surface area contributed by atoms with E-state index in [1.807, 2.05) is 13.8 Å². The topological polar surface area (TPSA) is 122 Å². The first-order valence-electron chi connectivity index (χ1n) is 6.28. The third-order valence-electron chi connectivity index (χ3n) is 2.72. The highest BCUT2D eigenvalue weighted by molar-refractivity contribution is 7.89. The summed E-state index contributed by atoms with van der Waals surface area (Å²) in [5.41, 5.74) is -0.0929. The number of phenolic OH excluding ortho intramolecular Hbond substituents is 1. The van der Waals surface area contributed by atoms with Gasteiger partial charge in [-0.2, -0.15) is 0 Å². The fourth-order valence-electron chi connectivity index (χ4n) is 1.81. The molecule has 1 rings (SSSR count). The Morgan fingerprint density at radius 3 is 2.62 bits per heavy atom. The van der Waals surface area contributed by atoms with Crippen molar-refractivity contribution in [2.45, 2.75) is 37.6 Å². The molecule has 118 valence electrons. The van der Waals surface area contributed by atoms with Crippen LogP contribution in [0.15, 0.2) is 17.0 Å². The molecule has 1 aromatic carbocycles. The van der Waals surface area contributed by atoms with Gasteiger partial charge in [-0.1, -0.05) is 24.9 Å². The van der Waals surface area contributed by atoms with Gasteiger partial charge in [-0.05, 0) is 25.5 Å². The molecule has 1 aromatic rings. The average molecular weight is 336 g/mol. The lowest BCUT2D eigenvalue weighted by atomic mass is 10.2. The minimum absolute atomic E-state index is 0.0536. The number of carbonyl (C=O) groups excluding carboxylic acids is 1. The Bertz CT molecular complexity index is 634. The van der Waals surface area contributed by atoms with E-state index in [0.29, 0.717) is 0 Å². The fraction of sp³-hybridized carbons (Fsp3) is 0.417. The SMILES string of the molecule is CCCC(C)NC(=O)Nc1ccc(Cl)c(S(N)(=O)=O)c1O. The number of phenols is 1. The number of nitrogens with one attached hydrogen (secondary N) is 2. The van der Waals surface area contributed by atoms with Crippen molar-refractivity contribution in [2.24, 2.45) is 5.14 Å². The Balaban J connectivity index is 2.98. The zero-order valence-electron chi connectivity index (χ0n) is 11.7. The molecule has 7 nitrogen and oxygen atoms in total. The summed E-state index contributed by atoms with van der Waals surface area (Å²) in [6.07, 6.45) is 1.70. The second kappa shape index (κ2) is 6.97. The lowest BCUT2D eigenvalue weighted by molar-refractivity contribution is 0.248. The quantitative estimate of drug-likeness (QED) is 0.615. The van der Waals surface area contributed by atoms with Crippen molar-refractivity contribution in [1.82, 2.24) is 5.32 Å². The van der Waals surface area contributed by atoms with Crippen molar-refractivity contribution < 1.29 is 18.3 Å². The molecule has 0 heterocycles. The fourth-order valence-corrected chi connectivity index (χ4v) is 3.00. The predicted molar refractivity (Wildman–Crippen MR) is 81.0 cm³/mol.